The van der Waals surface area contributed by atoms with Gasteiger partial charge in [0.1, 0.15) is 0 Å². The first-order chi connectivity index (χ1) is 6.52. The molecule has 15 heavy (non-hydrogen) atoms. The van der Waals surface area contributed by atoms with Crippen LogP contribution in [0.5, 0.6) is 0 Å². The van der Waals surface area contributed by atoms with Gasteiger partial charge in [-0.15, -0.1) is 0 Å². The van der Waals surface area contributed by atoms with Crippen LogP contribution in [0.25, 0.3) is 0 Å². The Bertz CT molecular complexity index is 204. The summed E-state index contributed by atoms with van der Waals surface area (Å²) in [6, 6.07) is 0.817. The standard InChI is InChI=1S/C13H28N2/c1-10(2)15-11(12(3,4)5)9-14-13(6,7)8/h9-11,15H,1-8H3. The molecule has 0 aliphatic rings. The summed E-state index contributed by atoms with van der Waals surface area (Å²) in [5.41, 5.74) is 0.223. The van der Waals surface area contributed by atoms with Crippen molar-refractivity contribution in [3.8, 4) is 0 Å². The number of nitrogens with one attached hydrogen (secondary N) is 1. The van der Waals surface area contributed by atoms with E-state index in [-0.39, 0.29) is 11.0 Å². The van der Waals surface area contributed by atoms with Crippen LogP contribution in [-0.4, -0.2) is 23.8 Å². The zero-order valence-electron chi connectivity index (χ0n) is 11.7. The summed E-state index contributed by atoms with van der Waals surface area (Å²) in [4.78, 5) is 4.59. The third kappa shape index (κ3) is 7.55. The van der Waals surface area contributed by atoms with Gasteiger partial charge in [-0.25, -0.2) is 0 Å². The molecule has 0 saturated carbocycles. The molecule has 0 heterocycles. The second-order valence-corrected chi connectivity index (χ2v) is 6.61. The van der Waals surface area contributed by atoms with Crippen LogP contribution in [-0.2, 0) is 0 Å². The van der Waals surface area contributed by atoms with Crippen molar-refractivity contribution in [3.63, 3.8) is 0 Å². The van der Waals surface area contributed by atoms with Crippen molar-refractivity contribution in [1.82, 2.24) is 5.32 Å². The van der Waals surface area contributed by atoms with Gasteiger partial charge in [0, 0.05) is 18.3 Å². The fraction of sp³-hybridized carbons (Fsp3) is 0.923. The van der Waals surface area contributed by atoms with Gasteiger partial charge < -0.3 is 5.32 Å². The number of hydrogen-bond acceptors (Lipinski definition) is 2. The fourth-order valence-electron chi connectivity index (χ4n) is 1.17. The van der Waals surface area contributed by atoms with Crippen molar-refractivity contribution in [2.75, 3.05) is 0 Å². The van der Waals surface area contributed by atoms with Crippen LogP contribution in [0.4, 0.5) is 0 Å². The molecule has 0 aliphatic heterocycles. The summed E-state index contributed by atoms with van der Waals surface area (Å²) in [7, 11) is 0. The Morgan fingerprint density at radius 3 is 1.73 bits per heavy atom. The molecule has 0 saturated heterocycles. The van der Waals surface area contributed by atoms with Crippen LogP contribution < -0.4 is 5.32 Å². The van der Waals surface area contributed by atoms with Gasteiger partial charge in [0.05, 0.1) is 5.54 Å². The molecular weight excluding hydrogens is 184 g/mol. The van der Waals surface area contributed by atoms with Crippen LogP contribution in [0.2, 0.25) is 0 Å². The van der Waals surface area contributed by atoms with Gasteiger partial charge in [-0.05, 0) is 26.2 Å². The van der Waals surface area contributed by atoms with Gasteiger partial charge >= 0.3 is 0 Å². The first-order valence-electron chi connectivity index (χ1n) is 5.84. The highest BCUT2D eigenvalue weighted by molar-refractivity contribution is 5.66. The minimum atomic E-state index is 0.0160. The zero-order valence-corrected chi connectivity index (χ0v) is 11.7. The van der Waals surface area contributed by atoms with E-state index >= 15 is 0 Å². The lowest BCUT2D eigenvalue weighted by molar-refractivity contribution is 0.317. The van der Waals surface area contributed by atoms with E-state index in [4.69, 9.17) is 0 Å². The lowest BCUT2D eigenvalue weighted by Gasteiger charge is -2.31. The van der Waals surface area contributed by atoms with Crippen LogP contribution >= 0.6 is 0 Å². The Morgan fingerprint density at radius 1 is 1.00 bits per heavy atom. The van der Waals surface area contributed by atoms with Crippen molar-refractivity contribution in [2.24, 2.45) is 10.4 Å². The van der Waals surface area contributed by atoms with Crippen molar-refractivity contribution in [1.29, 1.82) is 0 Å². The molecule has 0 aliphatic carbocycles. The molecule has 0 aromatic carbocycles. The van der Waals surface area contributed by atoms with Gasteiger partial charge in [0.2, 0.25) is 0 Å². The van der Waals surface area contributed by atoms with Crippen molar-refractivity contribution in [3.05, 3.63) is 0 Å². The van der Waals surface area contributed by atoms with E-state index in [1.54, 1.807) is 0 Å². The molecule has 0 radical (unpaired) electrons. The Hall–Kier alpha value is -0.370. The van der Waals surface area contributed by atoms with E-state index in [0.717, 1.165) is 0 Å². The summed E-state index contributed by atoms with van der Waals surface area (Å²) in [5, 5.41) is 3.54. The van der Waals surface area contributed by atoms with Crippen LogP contribution in [0, 0.1) is 5.41 Å². The van der Waals surface area contributed by atoms with Crippen molar-refractivity contribution in [2.45, 2.75) is 73.0 Å². The zero-order chi connectivity index (χ0) is 12.3. The molecule has 1 atom stereocenters. The molecule has 1 N–H and O–H groups in total. The Labute approximate surface area is 95.6 Å². The monoisotopic (exact) mass is 212 g/mol. The molecule has 2 heteroatoms. The van der Waals surface area contributed by atoms with E-state index in [2.05, 4.69) is 71.9 Å². The average Bonchev–Trinajstić information content (AvgIpc) is 1.93. The van der Waals surface area contributed by atoms with Crippen LogP contribution in [0.3, 0.4) is 0 Å². The summed E-state index contributed by atoms with van der Waals surface area (Å²) in [6.07, 6.45) is 2.07. The molecular formula is C13H28N2. The topological polar surface area (TPSA) is 24.4 Å². The lowest BCUT2D eigenvalue weighted by Crippen LogP contribution is -2.45. The maximum absolute atomic E-state index is 4.59. The van der Waals surface area contributed by atoms with E-state index in [1.165, 1.54) is 0 Å². The van der Waals surface area contributed by atoms with Gasteiger partial charge in [-0.1, -0.05) is 34.6 Å². The molecule has 0 aromatic heterocycles. The summed E-state index contributed by atoms with van der Waals surface area (Å²) >= 11 is 0. The molecule has 0 bridgehead atoms. The summed E-state index contributed by atoms with van der Waals surface area (Å²) in [5.74, 6) is 0. The van der Waals surface area contributed by atoms with Gasteiger partial charge in [-0.3, -0.25) is 4.99 Å². The lowest BCUT2D eigenvalue weighted by atomic mass is 9.87. The molecule has 0 rings (SSSR count). The van der Waals surface area contributed by atoms with E-state index in [0.29, 0.717) is 12.1 Å². The maximum Gasteiger partial charge on any atom is 0.0520 e. The maximum atomic E-state index is 4.59. The molecule has 0 spiro atoms. The number of hydrogen-bond donors (Lipinski definition) is 1. The van der Waals surface area contributed by atoms with E-state index < -0.39 is 0 Å². The third-order valence-electron chi connectivity index (χ3n) is 2.06. The fourth-order valence-corrected chi connectivity index (χ4v) is 1.17. The highest BCUT2D eigenvalue weighted by Gasteiger charge is 2.23. The van der Waals surface area contributed by atoms with Crippen LogP contribution in [0.1, 0.15) is 55.4 Å². The van der Waals surface area contributed by atoms with Crippen molar-refractivity contribution < 1.29 is 0 Å². The average molecular weight is 212 g/mol. The predicted octanol–water partition coefficient (Wildman–Crippen LogP) is 3.27. The van der Waals surface area contributed by atoms with Gasteiger partial charge in [0.15, 0.2) is 0 Å². The van der Waals surface area contributed by atoms with E-state index in [9.17, 15) is 0 Å². The molecule has 0 aromatic rings. The van der Waals surface area contributed by atoms with Gasteiger partial charge in [0.25, 0.3) is 0 Å². The van der Waals surface area contributed by atoms with Gasteiger partial charge in [-0.2, -0.15) is 0 Å². The number of rotatable bonds is 3. The molecule has 90 valence electrons. The Morgan fingerprint density at radius 2 is 1.47 bits per heavy atom. The largest absolute Gasteiger partial charge is 0.306 e. The van der Waals surface area contributed by atoms with Crippen molar-refractivity contribution >= 4 is 6.21 Å². The minimum absolute atomic E-state index is 0.0160. The highest BCUT2D eigenvalue weighted by Crippen LogP contribution is 2.19. The second-order valence-electron chi connectivity index (χ2n) is 6.61. The van der Waals surface area contributed by atoms with E-state index in [1.807, 2.05) is 0 Å². The van der Waals surface area contributed by atoms with Crippen LogP contribution in [0.15, 0.2) is 4.99 Å². The molecule has 1 unspecified atom stereocenters. The SMILES string of the molecule is CC(C)NC(C=NC(C)(C)C)C(C)(C)C. The second kappa shape index (κ2) is 5.11. The number of aliphatic imine (C=N–C) groups is 1. The first-order valence-corrected chi connectivity index (χ1v) is 5.84. The number of nitrogens with zero attached hydrogens (tertiary/aromatic N) is 1. The molecule has 0 fully saturated rings. The first kappa shape index (κ1) is 14.6. The molecule has 2 nitrogen and oxygen atoms in total. The Kier molecular flexibility index (Phi) is 4.98. The molecule has 0 amide bonds. The third-order valence-corrected chi connectivity index (χ3v) is 2.06. The highest BCUT2D eigenvalue weighted by atomic mass is 15.0. The smallest absolute Gasteiger partial charge is 0.0520 e. The summed E-state index contributed by atoms with van der Waals surface area (Å²) in [6.45, 7) is 17.4. The minimum Gasteiger partial charge on any atom is -0.306 e. The predicted molar refractivity (Wildman–Crippen MR) is 69.8 cm³/mol. The Balaban J connectivity index is 4.60. The normalized spacial score (nSPS) is 16.3. The summed E-state index contributed by atoms with van der Waals surface area (Å²) < 4.78 is 0. The quantitative estimate of drug-likeness (QED) is 0.713.